The van der Waals surface area contributed by atoms with E-state index in [1.54, 1.807) is 4.68 Å². The van der Waals surface area contributed by atoms with E-state index in [-0.39, 0.29) is 3.74 Å². The van der Waals surface area contributed by atoms with Gasteiger partial charge < -0.3 is 0 Å². The van der Waals surface area contributed by atoms with Gasteiger partial charge in [-0.15, -0.1) is 0 Å². The van der Waals surface area contributed by atoms with E-state index in [1.807, 2.05) is 7.05 Å². The Labute approximate surface area is 101 Å². The molecule has 0 atom stereocenters. The van der Waals surface area contributed by atoms with E-state index >= 15 is 0 Å². The number of hydrogen-bond donors (Lipinski definition) is 0. The standard InChI is InChI=1S/C6H6Br3ClN2/c1-12-5(6(8)9)4(10)3(2-7)11-12/h6H,2H2,1H3. The van der Waals surface area contributed by atoms with Crippen molar-refractivity contribution in [2.75, 3.05) is 0 Å². The summed E-state index contributed by atoms with van der Waals surface area (Å²) in [4.78, 5) is 0. The second kappa shape index (κ2) is 4.44. The van der Waals surface area contributed by atoms with E-state index in [9.17, 15) is 0 Å². The molecule has 0 aliphatic heterocycles. The zero-order valence-corrected chi connectivity index (χ0v) is 11.7. The van der Waals surface area contributed by atoms with E-state index in [4.69, 9.17) is 11.6 Å². The van der Waals surface area contributed by atoms with Crippen molar-refractivity contribution in [1.82, 2.24) is 9.78 Å². The number of aromatic nitrogens is 2. The van der Waals surface area contributed by atoms with Crippen LogP contribution in [-0.2, 0) is 12.4 Å². The number of rotatable bonds is 2. The minimum Gasteiger partial charge on any atom is -0.269 e. The van der Waals surface area contributed by atoms with Crippen LogP contribution < -0.4 is 0 Å². The highest BCUT2D eigenvalue weighted by atomic mass is 79.9. The molecule has 0 saturated heterocycles. The zero-order valence-electron chi connectivity index (χ0n) is 6.19. The Morgan fingerprint density at radius 2 is 2.17 bits per heavy atom. The molecule has 1 rings (SSSR count). The van der Waals surface area contributed by atoms with Gasteiger partial charge in [0.05, 0.1) is 16.4 Å². The lowest BCUT2D eigenvalue weighted by atomic mass is 10.4. The van der Waals surface area contributed by atoms with Gasteiger partial charge in [0.2, 0.25) is 0 Å². The zero-order chi connectivity index (χ0) is 9.30. The van der Waals surface area contributed by atoms with Crippen LogP contribution in [0.15, 0.2) is 0 Å². The summed E-state index contributed by atoms with van der Waals surface area (Å²) in [6.07, 6.45) is 0. The molecule has 0 N–H and O–H groups in total. The molecule has 12 heavy (non-hydrogen) atoms. The first-order chi connectivity index (χ1) is 5.57. The van der Waals surface area contributed by atoms with Crippen molar-refractivity contribution >= 4 is 59.4 Å². The second-order valence-corrected chi connectivity index (χ2v) is 6.20. The normalized spacial score (nSPS) is 11.2. The molecule has 68 valence electrons. The van der Waals surface area contributed by atoms with Gasteiger partial charge in [-0.2, -0.15) is 5.10 Å². The second-order valence-electron chi connectivity index (χ2n) is 2.20. The van der Waals surface area contributed by atoms with Crippen LogP contribution in [0.3, 0.4) is 0 Å². The molecule has 0 amide bonds. The maximum Gasteiger partial charge on any atom is 0.113 e. The molecule has 0 fully saturated rings. The first-order valence-electron chi connectivity index (χ1n) is 3.13. The third-order valence-electron chi connectivity index (χ3n) is 1.43. The quantitative estimate of drug-likeness (QED) is 0.714. The topological polar surface area (TPSA) is 17.8 Å². The lowest BCUT2D eigenvalue weighted by Gasteiger charge is -2.01. The Morgan fingerprint density at radius 1 is 1.58 bits per heavy atom. The number of nitrogens with zero attached hydrogens (tertiary/aromatic N) is 2. The molecule has 0 aliphatic carbocycles. The maximum atomic E-state index is 6.05. The van der Waals surface area contributed by atoms with Crippen LogP contribution in [0.2, 0.25) is 5.02 Å². The lowest BCUT2D eigenvalue weighted by Crippen LogP contribution is -1.96. The van der Waals surface area contributed by atoms with Crippen molar-refractivity contribution in [2.45, 2.75) is 9.07 Å². The smallest absolute Gasteiger partial charge is 0.113 e. The summed E-state index contributed by atoms with van der Waals surface area (Å²) in [5.41, 5.74) is 1.80. The van der Waals surface area contributed by atoms with Crippen LogP contribution in [0.5, 0.6) is 0 Å². The molecule has 1 aromatic heterocycles. The lowest BCUT2D eigenvalue weighted by molar-refractivity contribution is 0.727. The SMILES string of the molecule is Cn1nc(CBr)c(Cl)c1C(Br)Br. The monoisotopic (exact) mass is 378 g/mol. The van der Waals surface area contributed by atoms with Crippen molar-refractivity contribution in [3.63, 3.8) is 0 Å². The van der Waals surface area contributed by atoms with Crippen LogP contribution in [0, 0.1) is 0 Å². The summed E-state index contributed by atoms with van der Waals surface area (Å²) >= 11 is 16.1. The van der Waals surface area contributed by atoms with Crippen molar-refractivity contribution in [3.8, 4) is 0 Å². The first-order valence-corrected chi connectivity index (χ1v) is 6.46. The highest BCUT2D eigenvalue weighted by molar-refractivity contribution is 9.24. The van der Waals surface area contributed by atoms with Gasteiger partial charge >= 0.3 is 0 Å². The summed E-state index contributed by atoms with van der Waals surface area (Å²) in [7, 11) is 1.86. The summed E-state index contributed by atoms with van der Waals surface area (Å²) in [5.74, 6) is 0. The highest BCUT2D eigenvalue weighted by Crippen LogP contribution is 2.36. The summed E-state index contributed by atoms with van der Waals surface area (Å²) in [6, 6.07) is 0. The average Bonchev–Trinajstić information content (AvgIpc) is 2.25. The van der Waals surface area contributed by atoms with Gasteiger partial charge in [-0.05, 0) is 0 Å². The van der Waals surface area contributed by atoms with E-state index < -0.39 is 0 Å². The molecule has 0 radical (unpaired) electrons. The Morgan fingerprint density at radius 3 is 2.42 bits per heavy atom. The number of alkyl halides is 3. The Balaban J connectivity index is 3.19. The third kappa shape index (κ3) is 2.05. The highest BCUT2D eigenvalue weighted by Gasteiger charge is 2.17. The number of halogens is 4. The van der Waals surface area contributed by atoms with Gasteiger partial charge in [0.25, 0.3) is 0 Å². The predicted molar refractivity (Wildman–Crippen MR) is 61.4 cm³/mol. The van der Waals surface area contributed by atoms with E-state index in [2.05, 4.69) is 52.9 Å². The fourth-order valence-electron chi connectivity index (χ4n) is 0.891. The molecule has 2 nitrogen and oxygen atoms in total. The van der Waals surface area contributed by atoms with Crippen molar-refractivity contribution in [1.29, 1.82) is 0 Å². The minimum atomic E-state index is 0.0443. The Kier molecular flexibility index (Phi) is 4.08. The van der Waals surface area contributed by atoms with Crippen molar-refractivity contribution in [3.05, 3.63) is 16.4 Å². The molecule has 0 spiro atoms. The van der Waals surface area contributed by atoms with E-state index in [1.165, 1.54) is 0 Å². The summed E-state index contributed by atoms with van der Waals surface area (Å²) < 4.78 is 1.80. The van der Waals surface area contributed by atoms with Crippen molar-refractivity contribution < 1.29 is 0 Å². The molecule has 0 saturated carbocycles. The van der Waals surface area contributed by atoms with E-state index in [0.29, 0.717) is 10.4 Å². The van der Waals surface area contributed by atoms with Crippen LogP contribution in [0.4, 0.5) is 0 Å². The number of aryl methyl sites for hydroxylation is 1. The van der Waals surface area contributed by atoms with Crippen LogP contribution in [0.1, 0.15) is 15.1 Å². The maximum absolute atomic E-state index is 6.05. The summed E-state index contributed by atoms with van der Waals surface area (Å²) in [5, 5.41) is 5.60. The average molecular weight is 381 g/mol. The molecule has 1 aromatic rings. The fourth-order valence-corrected chi connectivity index (χ4v) is 3.10. The third-order valence-corrected chi connectivity index (χ3v) is 3.24. The Bertz CT molecular complexity index is 285. The van der Waals surface area contributed by atoms with E-state index in [0.717, 1.165) is 11.4 Å². The fraction of sp³-hybridized carbons (Fsp3) is 0.500. The molecule has 0 aliphatic rings. The van der Waals surface area contributed by atoms with Gasteiger partial charge in [-0.3, -0.25) is 4.68 Å². The van der Waals surface area contributed by atoms with Gasteiger partial charge in [-0.25, -0.2) is 0 Å². The van der Waals surface area contributed by atoms with Gasteiger partial charge in [-0.1, -0.05) is 59.4 Å². The minimum absolute atomic E-state index is 0.0443. The summed E-state index contributed by atoms with van der Waals surface area (Å²) in [6.45, 7) is 0. The van der Waals surface area contributed by atoms with Gasteiger partial charge in [0, 0.05) is 12.4 Å². The molecule has 6 heteroatoms. The Hall–Kier alpha value is 0.940. The molecule has 0 unspecified atom stereocenters. The molecule has 0 aromatic carbocycles. The number of hydrogen-bond acceptors (Lipinski definition) is 1. The van der Waals surface area contributed by atoms with Gasteiger partial charge in [0.1, 0.15) is 3.74 Å². The van der Waals surface area contributed by atoms with Gasteiger partial charge in [0.15, 0.2) is 0 Å². The predicted octanol–water partition coefficient (Wildman–Crippen LogP) is 3.76. The molecular formula is C6H6Br3ClN2. The molecule has 1 heterocycles. The first kappa shape index (κ1) is 11.0. The molecule has 0 bridgehead atoms. The van der Waals surface area contributed by atoms with Crippen LogP contribution >= 0.6 is 59.4 Å². The molecular weight excluding hydrogens is 375 g/mol. The van der Waals surface area contributed by atoms with Crippen molar-refractivity contribution in [2.24, 2.45) is 7.05 Å². The largest absolute Gasteiger partial charge is 0.269 e. The van der Waals surface area contributed by atoms with Crippen LogP contribution in [0.25, 0.3) is 0 Å². The van der Waals surface area contributed by atoms with Crippen LogP contribution in [-0.4, -0.2) is 9.78 Å².